The van der Waals surface area contributed by atoms with E-state index in [1.807, 2.05) is 6.92 Å². The number of benzene rings is 3. The van der Waals surface area contributed by atoms with Crippen LogP contribution in [0.4, 0.5) is 11.4 Å². The summed E-state index contributed by atoms with van der Waals surface area (Å²) in [6, 6.07) is 20.6. The summed E-state index contributed by atoms with van der Waals surface area (Å²) in [6.07, 6.45) is -0.242. The number of anilines is 2. The van der Waals surface area contributed by atoms with Crippen LogP contribution in [0, 0.1) is 6.92 Å². The second kappa shape index (κ2) is 11.9. The quantitative estimate of drug-likeness (QED) is 0.234. The van der Waals surface area contributed by atoms with Crippen molar-refractivity contribution in [2.24, 2.45) is 11.4 Å². The van der Waals surface area contributed by atoms with E-state index in [1.54, 1.807) is 73.8 Å². The lowest BCUT2D eigenvalue weighted by atomic mass is 10.1. The van der Waals surface area contributed by atoms with Crippen molar-refractivity contribution in [3.8, 4) is 0 Å². The van der Waals surface area contributed by atoms with E-state index in [0.29, 0.717) is 16.4 Å². The molecule has 1 aromatic heterocycles. The van der Waals surface area contributed by atoms with Gasteiger partial charge in [-0.15, -0.1) is 4.40 Å². The van der Waals surface area contributed by atoms with Gasteiger partial charge in [0.1, 0.15) is 19.6 Å². The number of carbonyl (C=O) groups excluding carboxylic acids is 2. The molecule has 0 spiro atoms. The largest absolute Gasteiger partial charge is 0.486 e. The standard InChI is InChI=1S/C28H25ClN6O5S2/c1-18-8-14-22(15-9-18)42(38,39)31-26-24(33(2)32-40-26)17-34-23(16-25(36)30-20-12-10-19(29)11-13-20)27(37)35(28(34)41)21-6-4-3-5-7-21/h3-15,23H,16-17H2,1-2H3,(H,30,36)/b31-26-. The highest BCUT2D eigenvalue weighted by Crippen LogP contribution is 2.28. The van der Waals surface area contributed by atoms with Gasteiger partial charge in [0.2, 0.25) is 5.91 Å². The summed E-state index contributed by atoms with van der Waals surface area (Å²) >= 11 is 11.7. The lowest BCUT2D eigenvalue weighted by Crippen LogP contribution is -2.45. The Morgan fingerprint density at radius 3 is 2.43 bits per heavy atom. The number of thiocarbonyl (C=S) groups is 1. The molecular weight excluding hydrogens is 600 g/mol. The van der Waals surface area contributed by atoms with E-state index in [1.165, 1.54) is 26.6 Å². The molecule has 2 heterocycles. The van der Waals surface area contributed by atoms with E-state index in [-0.39, 0.29) is 34.2 Å². The Kier molecular flexibility index (Phi) is 8.25. The number of hydrogen-bond donors (Lipinski definition) is 1. The van der Waals surface area contributed by atoms with Crippen LogP contribution in [0.2, 0.25) is 5.02 Å². The zero-order valence-corrected chi connectivity index (χ0v) is 24.9. The first-order chi connectivity index (χ1) is 20.0. The number of nitrogens with one attached hydrogen (secondary N) is 1. The van der Waals surface area contributed by atoms with Crippen molar-refractivity contribution in [1.82, 2.24) is 10.2 Å². The molecule has 4 aromatic rings. The highest BCUT2D eigenvalue weighted by molar-refractivity contribution is 7.90. The van der Waals surface area contributed by atoms with Crippen LogP contribution >= 0.6 is 23.8 Å². The topological polar surface area (TPSA) is 130 Å². The maximum atomic E-state index is 13.7. The maximum Gasteiger partial charge on any atom is 0.289 e. The van der Waals surface area contributed by atoms with Gasteiger partial charge in [-0.05, 0) is 67.7 Å². The first-order valence-electron chi connectivity index (χ1n) is 12.7. The average Bonchev–Trinajstić information content (AvgIpc) is 3.41. The first kappa shape index (κ1) is 29.2. The Bertz CT molecular complexity index is 1820. The number of aryl methyl sites for hydroxylation is 2. The smallest absolute Gasteiger partial charge is 0.289 e. The van der Waals surface area contributed by atoms with Crippen molar-refractivity contribution in [1.29, 1.82) is 0 Å². The fraction of sp³-hybridized carbons (Fsp3) is 0.179. The van der Waals surface area contributed by atoms with Crippen LogP contribution in [0.5, 0.6) is 0 Å². The van der Waals surface area contributed by atoms with Crippen LogP contribution in [0.1, 0.15) is 17.7 Å². The minimum Gasteiger partial charge on any atom is -0.486 e. The van der Waals surface area contributed by atoms with E-state index < -0.39 is 27.9 Å². The number of carbonyl (C=O) groups is 2. The minimum absolute atomic E-state index is 0.0167. The molecule has 0 bridgehead atoms. The predicted octanol–water partition coefficient (Wildman–Crippen LogP) is 2.84. The van der Waals surface area contributed by atoms with E-state index in [2.05, 4.69) is 15.0 Å². The summed E-state index contributed by atoms with van der Waals surface area (Å²) in [6.45, 7) is 1.72. The van der Waals surface area contributed by atoms with Crippen LogP contribution in [-0.4, -0.2) is 36.3 Å². The fourth-order valence-electron chi connectivity index (χ4n) is 4.36. The summed E-state index contributed by atoms with van der Waals surface area (Å²) < 4.78 is 36.6. The summed E-state index contributed by atoms with van der Waals surface area (Å²) in [5.41, 5.74) is 1.90. The molecule has 11 nitrogen and oxygen atoms in total. The molecule has 216 valence electrons. The van der Waals surface area contributed by atoms with Crippen LogP contribution < -0.4 is 25.7 Å². The van der Waals surface area contributed by atoms with Gasteiger partial charge in [0.25, 0.3) is 27.2 Å². The van der Waals surface area contributed by atoms with Gasteiger partial charge in [0.15, 0.2) is 5.11 Å². The number of rotatable bonds is 8. The molecule has 5 rings (SSSR count). The predicted molar refractivity (Wildman–Crippen MR) is 158 cm³/mol. The van der Waals surface area contributed by atoms with E-state index >= 15 is 0 Å². The zero-order chi connectivity index (χ0) is 30.0. The van der Waals surface area contributed by atoms with Gasteiger partial charge in [0, 0.05) is 10.7 Å². The van der Waals surface area contributed by atoms with E-state index in [4.69, 9.17) is 28.3 Å². The van der Waals surface area contributed by atoms with Gasteiger partial charge in [-0.25, -0.2) is 4.68 Å². The Hall–Kier alpha value is -4.33. The molecule has 0 radical (unpaired) electrons. The second-order valence-electron chi connectivity index (χ2n) is 9.52. The number of para-hydroxylation sites is 1. The zero-order valence-electron chi connectivity index (χ0n) is 22.5. The Morgan fingerprint density at radius 1 is 1.10 bits per heavy atom. The number of hydrogen-bond acceptors (Lipinski definition) is 6. The summed E-state index contributed by atoms with van der Waals surface area (Å²) in [5, 5.41) is 7.26. The number of halogens is 1. The van der Waals surface area contributed by atoms with Crippen molar-refractivity contribution >= 4 is 62.1 Å². The SMILES string of the molecule is Cc1ccc(S(=O)(=O)/N=c2\o[n-][n+](C)c2CN2C(=S)N(c3ccccc3)C(=O)C2CC(=O)Nc2ccc(Cl)cc2)cc1. The molecule has 2 amide bonds. The highest BCUT2D eigenvalue weighted by atomic mass is 35.5. The Labute approximate surface area is 252 Å². The fourth-order valence-corrected chi connectivity index (χ4v) is 5.82. The first-order valence-corrected chi connectivity index (χ1v) is 14.9. The van der Waals surface area contributed by atoms with Crippen LogP contribution in [0.3, 0.4) is 0 Å². The van der Waals surface area contributed by atoms with Gasteiger partial charge in [-0.1, -0.05) is 47.5 Å². The van der Waals surface area contributed by atoms with Gasteiger partial charge >= 0.3 is 0 Å². The molecule has 14 heteroatoms. The van der Waals surface area contributed by atoms with Crippen molar-refractivity contribution in [2.75, 3.05) is 10.2 Å². The van der Waals surface area contributed by atoms with Gasteiger partial charge in [-0.3, -0.25) is 19.8 Å². The number of sulfonamides is 1. The summed E-state index contributed by atoms with van der Waals surface area (Å²) in [4.78, 5) is 29.7. The third-order valence-corrected chi connectivity index (χ3v) is 8.51. The van der Waals surface area contributed by atoms with Crippen molar-refractivity contribution in [2.45, 2.75) is 30.8 Å². The molecule has 0 aliphatic carbocycles. The second-order valence-corrected chi connectivity index (χ2v) is 11.9. The van der Waals surface area contributed by atoms with Crippen LogP contribution in [0.25, 0.3) is 0 Å². The van der Waals surface area contributed by atoms with Crippen molar-refractivity contribution < 1.29 is 27.2 Å². The van der Waals surface area contributed by atoms with E-state index in [9.17, 15) is 18.0 Å². The average molecular weight is 625 g/mol. The van der Waals surface area contributed by atoms with Crippen molar-refractivity contribution in [3.63, 3.8) is 0 Å². The normalized spacial score (nSPS) is 15.9. The minimum atomic E-state index is -4.15. The molecule has 1 N–H and O–H groups in total. The summed E-state index contributed by atoms with van der Waals surface area (Å²) in [7, 11) is -2.60. The van der Waals surface area contributed by atoms with Gasteiger partial charge in [0.05, 0.1) is 17.0 Å². The number of aromatic nitrogens is 2. The molecule has 3 aromatic carbocycles. The van der Waals surface area contributed by atoms with Crippen LogP contribution in [-0.2, 0) is 33.2 Å². The van der Waals surface area contributed by atoms with Gasteiger partial charge < -0.3 is 14.7 Å². The molecule has 0 saturated carbocycles. The third-order valence-electron chi connectivity index (χ3n) is 6.57. The molecule has 1 unspecified atom stereocenters. The molecule has 42 heavy (non-hydrogen) atoms. The Balaban J connectivity index is 1.49. The van der Waals surface area contributed by atoms with Gasteiger partial charge in [-0.2, -0.15) is 8.42 Å². The molecule has 1 fully saturated rings. The Morgan fingerprint density at radius 2 is 1.76 bits per heavy atom. The number of nitrogens with zero attached hydrogens (tertiary/aromatic N) is 5. The molecule has 1 aliphatic heterocycles. The maximum absolute atomic E-state index is 13.7. The van der Waals surface area contributed by atoms with Crippen molar-refractivity contribution in [3.05, 3.63) is 101 Å². The monoisotopic (exact) mass is 624 g/mol. The van der Waals surface area contributed by atoms with E-state index in [0.717, 1.165) is 5.56 Å². The molecule has 1 aliphatic rings. The highest BCUT2D eigenvalue weighted by Gasteiger charge is 2.45. The lowest BCUT2D eigenvalue weighted by molar-refractivity contribution is -0.752. The molecular formula is C28H25ClN6O5S2. The molecule has 1 saturated heterocycles. The summed E-state index contributed by atoms with van der Waals surface area (Å²) in [5.74, 6) is -0.845. The number of amides is 2. The lowest BCUT2D eigenvalue weighted by Gasteiger charge is -2.22. The van der Waals surface area contributed by atoms with Crippen LogP contribution in [0.15, 0.2) is 92.7 Å². The molecule has 1 atom stereocenters. The third kappa shape index (κ3) is 6.12.